The molecule has 2 unspecified atom stereocenters. The molecule has 1 heterocycles. The van der Waals surface area contributed by atoms with E-state index in [1.54, 1.807) is 6.07 Å². The third-order valence-corrected chi connectivity index (χ3v) is 4.22. The molecule has 0 aromatic carbocycles. The molecule has 1 fully saturated rings. The molecule has 0 aliphatic heterocycles. The fourth-order valence-corrected chi connectivity index (χ4v) is 3.15. The molecule has 0 radical (unpaired) electrons. The predicted molar refractivity (Wildman–Crippen MR) is 70.5 cm³/mol. The molecular formula is C13H18BrNO2. The SMILES string of the molecule is Cc1ccc(C(=O)NC2CCCCC2CBr)o1. The van der Waals surface area contributed by atoms with Crippen LogP contribution < -0.4 is 5.32 Å². The van der Waals surface area contributed by atoms with Crippen molar-refractivity contribution in [3.63, 3.8) is 0 Å². The van der Waals surface area contributed by atoms with E-state index in [2.05, 4.69) is 21.2 Å². The van der Waals surface area contributed by atoms with Gasteiger partial charge in [0.15, 0.2) is 5.76 Å². The van der Waals surface area contributed by atoms with E-state index in [0.717, 1.165) is 17.5 Å². The molecule has 1 aromatic rings. The normalized spacial score (nSPS) is 24.6. The number of amides is 1. The molecule has 4 heteroatoms. The van der Waals surface area contributed by atoms with Gasteiger partial charge in [-0.15, -0.1) is 0 Å². The van der Waals surface area contributed by atoms with E-state index in [-0.39, 0.29) is 11.9 Å². The van der Waals surface area contributed by atoms with Gasteiger partial charge in [-0.25, -0.2) is 0 Å². The Bertz CT molecular complexity index is 389. The second-order valence-electron chi connectivity index (χ2n) is 4.69. The first kappa shape index (κ1) is 12.7. The number of halogens is 1. The highest BCUT2D eigenvalue weighted by atomic mass is 79.9. The second-order valence-corrected chi connectivity index (χ2v) is 5.34. The zero-order valence-electron chi connectivity index (χ0n) is 10.0. The van der Waals surface area contributed by atoms with E-state index >= 15 is 0 Å². The van der Waals surface area contributed by atoms with Crippen LogP contribution in [0.4, 0.5) is 0 Å². The summed E-state index contributed by atoms with van der Waals surface area (Å²) in [6, 6.07) is 3.83. The molecule has 1 aromatic heterocycles. The Kier molecular flexibility index (Phi) is 4.26. The van der Waals surface area contributed by atoms with E-state index in [0.29, 0.717) is 11.7 Å². The molecule has 0 spiro atoms. The van der Waals surface area contributed by atoms with Gasteiger partial charge in [0.05, 0.1) is 0 Å². The number of carbonyl (C=O) groups excluding carboxylic acids is 1. The molecule has 1 amide bonds. The monoisotopic (exact) mass is 299 g/mol. The van der Waals surface area contributed by atoms with Gasteiger partial charge in [0.25, 0.3) is 5.91 Å². The molecule has 0 bridgehead atoms. The third-order valence-electron chi connectivity index (χ3n) is 3.39. The summed E-state index contributed by atoms with van der Waals surface area (Å²) in [6.45, 7) is 1.85. The lowest BCUT2D eigenvalue weighted by atomic mass is 9.86. The van der Waals surface area contributed by atoms with Crippen molar-refractivity contribution in [3.8, 4) is 0 Å². The number of carbonyl (C=O) groups is 1. The van der Waals surface area contributed by atoms with Crippen molar-refractivity contribution in [1.82, 2.24) is 5.32 Å². The summed E-state index contributed by atoms with van der Waals surface area (Å²) < 4.78 is 5.33. The smallest absolute Gasteiger partial charge is 0.287 e. The van der Waals surface area contributed by atoms with Crippen molar-refractivity contribution >= 4 is 21.8 Å². The van der Waals surface area contributed by atoms with Gasteiger partial charge in [-0.1, -0.05) is 28.8 Å². The van der Waals surface area contributed by atoms with Crippen LogP contribution in [0.5, 0.6) is 0 Å². The van der Waals surface area contributed by atoms with E-state index in [1.165, 1.54) is 19.3 Å². The number of rotatable bonds is 3. The van der Waals surface area contributed by atoms with Crippen LogP contribution in [0.1, 0.15) is 42.0 Å². The molecule has 2 atom stereocenters. The summed E-state index contributed by atoms with van der Waals surface area (Å²) in [6.07, 6.45) is 4.73. The first-order valence-corrected chi connectivity index (χ1v) is 7.26. The molecule has 0 saturated heterocycles. The first-order chi connectivity index (χ1) is 8.20. The zero-order valence-corrected chi connectivity index (χ0v) is 11.6. The summed E-state index contributed by atoms with van der Waals surface area (Å²) in [5.41, 5.74) is 0. The van der Waals surface area contributed by atoms with Crippen molar-refractivity contribution in [2.24, 2.45) is 5.92 Å². The number of hydrogen-bond donors (Lipinski definition) is 1. The van der Waals surface area contributed by atoms with Gasteiger partial charge in [0.2, 0.25) is 0 Å². The molecule has 1 aliphatic carbocycles. The standard InChI is InChI=1S/C13H18BrNO2/c1-9-6-7-12(17-9)13(16)15-11-5-3-2-4-10(11)8-14/h6-7,10-11H,2-5,8H2,1H3,(H,15,16). The summed E-state index contributed by atoms with van der Waals surface area (Å²) >= 11 is 3.53. The Morgan fingerprint density at radius 3 is 2.88 bits per heavy atom. The quantitative estimate of drug-likeness (QED) is 0.871. The average Bonchev–Trinajstić information content (AvgIpc) is 2.77. The van der Waals surface area contributed by atoms with E-state index in [9.17, 15) is 4.79 Å². The fourth-order valence-electron chi connectivity index (χ4n) is 2.38. The van der Waals surface area contributed by atoms with Crippen LogP contribution in [0.15, 0.2) is 16.5 Å². The van der Waals surface area contributed by atoms with Gasteiger partial charge < -0.3 is 9.73 Å². The molecule has 94 valence electrons. The van der Waals surface area contributed by atoms with Crippen LogP contribution >= 0.6 is 15.9 Å². The minimum Gasteiger partial charge on any atom is -0.456 e. The molecule has 3 nitrogen and oxygen atoms in total. The number of alkyl halides is 1. The van der Waals surface area contributed by atoms with Gasteiger partial charge in [-0.3, -0.25) is 4.79 Å². The fraction of sp³-hybridized carbons (Fsp3) is 0.615. The van der Waals surface area contributed by atoms with E-state index in [4.69, 9.17) is 4.42 Å². The average molecular weight is 300 g/mol. The Morgan fingerprint density at radius 2 is 2.24 bits per heavy atom. The van der Waals surface area contributed by atoms with Gasteiger partial charge in [-0.05, 0) is 37.8 Å². The highest BCUT2D eigenvalue weighted by Gasteiger charge is 2.26. The van der Waals surface area contributed by atoms with Crippen molar-refractivity contribution < 1.29 is 9.21 Å². The van der Waals surface area contributed by atoms with Crippen molar-refractivity contribution in [3.05, 3.63) is 23.7 Å². The third kappa shape index (κ3) is 3.12. The molecule has 1 aliphatic rings. The van der Waals surface area contributed by atoms with Gasteiger partial charge in [0.1, 0.15) is 5.76 Å². The Balaban J connectivity index is 1.97. The molecule has 17 heavy (non-hydrogen) atoms. The van der Waals surface area contributed by atoms with Gasteiger partial charge in [-0.2, -0.15) is 0 Å². The summed E-state index contributed by atoms with van der Waals surface area (Å²) in [7, 11) is 0. The maximum Gasteiger partial charge on any atom is 0.287 e. The van der Waals surface area contributed by atoms with E-state index in [1.807, 2.05) is 13.0 Å². The van der Waals surface area contributed by atoms with Gasteiger partial charge in [0, 0.05) is 11.4 Å². The van der Waals surface area contributed by atoms with Crippen molar-refractivity contribution in [1.29, 1.82) is 0 Å². The first-order valence-electron chi connectivity index (χ1n) is 6.14. The highest BCUT2D eigenvalue weighted by molar-refractivity contribution is 9.09. The topological polar surface area (TPSA) is 42.2 Å². The number of hydrogen-bond acceptors (Lipinski definition) is 2. The van der Waals surface area contributed by atoms with Crippen LogP contribution in [0, 0.1) is 12.8 Å². The van der Waals surface area contributed by atoms with Crippen LogP contribution in [0.2, 0.25) is 0 Å². The van der Waals surface area contributed by atoms with Gasteiger partial charge >= 0.3 is 0 Å². The summed E-state index contributed by atoms with van der Waals surface area (Å²) in [5.74, 6) is 1.65. The zero-order chi connectivity index (χ0) is 12.3. The number of furan rings is 1. The minimum absolute atomic E-state index is 0.0871. The lowest BCUT2D eigenvalue weighted by molar-refractivity contribution is 0.0882. The maximum atomic E-state index is 12.0. The lowest BCUT2D eigenvalue weighted by Crippen LogP contribution is -2.42. The van der Waals surface area contributed by atoms with E-state index < -0.39 is 0 Å². The Labute approximate surface area is 110 Å². The summed E-state index contributed by atoms with van der Waals surface area (Å²) in [5, 5.41) is 4.04. The maximum absolute atomic E-state index is 12.0. The lowest BCUT2D eigenvalue weighted by Gasteiger charge is -2.30. The minimum atomic E-state index is -0.0871. The molecule has 1 saturated carbocycles. The Hall–Kier alpha value is -0.770. The highest BCUT2D eigenvalue weighted by Crippen LogP contribution is 2.26. The molecule has 1 N–H and O–H groups in total. The second kappa shape index (κ2) is 5.71. The summed E-state index contributed by atoms with van der Waals surface area (Å²) in [4.78, 5) is 12.0. The predicted octanol–water partition coefficient (Wildman–Crippen LogP) is 3.27. The molecule has 2 rings (SSSR count). The van der Waals surface area contributed by atoms with Crippen molar-refractivity contribution in [2.45, 2.75) is 38.6 Å². The van der Waals surface area contributed by atoms with Crippen LogP contribution in [0.25, 0.3) is 0 Å². The van der Waals surface area contributed by atoms with Crippen LogP contribution in [-0.4, -0.2) is 17.3 Å². The number of aryl methyl sites for hydroxylation is 1. The molecular weight excluding hydrogens is 282 g/mol. The number of nitrogens with one attached hydrogen (secondary N) is 1. The van der Waals surface area contributed by atoms with Crippen molar-refractivity contribution in [2.75, 3.05) is 5.33 Å². The Morgan fingerprint density at radius 1 is 1.47 bits per heavy atom. The van der Waals surface area contributed by atoms with Crippen LogP contribution in [0.3, 0.4) is 0 Å². The largest absolute Gasteiger partial charge is 0.456 e. The van der Waals surface area contributed by atoms with Crippen LogP contribution in [-0.2, 0) is 0 Å².